The normalized spacial score (nSPS) is 10.2. The number of halogens is 2. The highest BCUT2D eigenvalue weighted by Gasteiger charge is 2.03. The lowest BCUT2D eigenvalue weighted by Gasteiger charge is -2.10. The van der Waals surface area contributed by atoms with E-state index < -0.39 is 0 Å². The molecule has 0 spiro atoms. The number of hydrogen-bond acceptors (Lipinski definition) is 2. The van der Waals surface area contributed by atoms with Gasteiger partial charge in [-0.25, -0.2) is 9.13 Å². The van der Waals surface area contributed by atoms with Crippen LogP contribution in [0.5, 0.6) is 0 Å². The summed E-state index contributed by atoms with van der Waals surface area (Å²) in [5, 5.41) is 0. The van der Waals surface area contributed by atoms with Crippen molar-refractivity contribution < 1.29 is 43.1 Å². The molecule has 0 aliphatic rings. The van der Waals surface area contributed by atoms with E-state index in [9.17, 15) is 0 Å². The molecule has 176 valence electrons. The summed E-state index contributed by atoms with van der Waals surface area (Å²) in [6.45, 7) is 2.28. The fraction of sp³-hybridized carbons (Fsp3) is 0.600. The fourth-order valence-corrected chi connectivity index (χ4v) is 3.62. The predicted molar refractivity (Wildman–Crippen MR) is 123 cm³/mol. The number of hydrogen-bond donors (Lipinski definition) is 0. The van der Waals surface area contributed by atoms with Gasteiger partial charge in [-0.2, -0.15) is 0 Å². The van der Waals surface area contributed by atoms with Crippen LogP contribution in [0, 0.1) is 0 Å². The number of anilines is 2. The minimum absolute atomic E-state index is 0. The molecule has 0 radical (unpaired) electrons. The molecule has 0 unspecified atom stereocenters. The van der Waals surface area contributed by atoms with Crippen LogP contribution in [0.25, 0.3) is 0 Å². The van der Waals surface area contributed by atoms with E-state index in [0.29, 0.717) is 0 Å². The van der Waals surface area contributed by atoms with Crippen molar-refractivity contribution in [2.45, 2.75) is 70.9 Å². The monoisotopic (exact) mass is 556 g/mol. The quantitative estimate of drug-likeness (QED) is 0.210. The Hall–Kier alpha value is -1.14. The van der Waals surface area contributed by atoms with E-state index in [4.69, 9.17) is 0 Å². The van der Waals surface area contributed by atoms with Gasteiger partial charge in [0, 0.05) is 76.7 Å². The van der Waals surface area contributed by atoms with Gasteiger partial charge >= 0.3 is 0 Å². The van der Waals surface area contributed by atoms with Gasteiger partial charge in [0.05, 0.1) is 0 Å². The third-order valence-electron chi connectivity index (χ3n) is 5.61. The summed E-state index contributed by atoms with van der Waals surface area (Å²) >= 11 is 0. The average Bonchev–Trinajstić information content (AvgIpc) is 2.72. The lowest BCUT2D eigenvalue weighted by atomic mass is 10.1. The van der Waals surface area contributed by atoms with Crippen LogP contribution in [0.4, 0.5) is 11.4 Å². The first-order valence-electron chi connectivity index (χ1n) is 11.4. The summed E-state index contributed by atoms with van der Waals surface area (Å²) in [4.78, 5) is 4.29. The minimum atomic E-state index is 0. The molecule has 0 fully saturated rings. The van der Waals surface area contributed by atoms with Gasteiger partial charge in [-0.1, -0.05) is 32.1 Å². The van der Waals surface area contributed by atoms with Gasteiger partial charge in [-0.3, -0.25) is 0 Å². The van der Waals surface area contributed by atoms with Crippen LogP contribution < -0.4 is 52.9 Å². The highest BCUT2D eigenvalue weighted by Crippen LogP contribution is 2.11. The van der Waals surface area contributed by atoms with E-state index in [1.165, 1.54) is 69.2 Å². The van der Waals surface area contributed by atoms with E-state index in [1.54, 1.807) is 0 Å². The molecular weight excluding hydrogens is 516 g/mol. The summed E-state index contributed by atoms with van der Waals surface area (Å²) in [5.41, 5.74) is 2.53. The predicted octanol–water partition coefficient (Wildman–Crippen LogP) is -1.39. The van der Waals surface area contributed by atoms with E-state index in [2.05, 4.69) is 96.2 Å². The molecular formula is C25H42Br2N4. The lowest BCUT2D eigenvalue weighted by molar-refractivity contribution is -0.697. The standard InChI is InChI=1S/C25H42N4.2BrH/c1-26(2)24-14-20-28(21-15-24)18-12-10-8-6-5-7-9-11-13-19-29-22-16-25(17-23-29)27(3)4;;/h14-17,20-23H,5-13,18-19H2,1-4H3;2*1H/q+2;;/p-2. The zero-order chi connectivity index (χ0) is 20.9. The van der Waals surface area contributed by atoms with Gasteiger partial charge in [0.25, 0.3) is 0 Å². The van der Waals surface area contributed by atoms with Crippen LogP contribution in [-0.2, 0) is 13.1 Å². The Kier molecular flexibility index (Phi) is 16.8. The van der Waals surface area contributed by atoms with E-state index in [0.717, 1.165) is 13.1 Å². The number of aryl methyl sites for hydroxylation is 2. The van der Waals surface area contributed by atoms with Crippen LogP contribution in [-0.4, -0.2) is 28.2 Å². The van der Waals surface area contributed by atoms with Crippen LogP contribution in [0.1, 0.15) is 57.8 Å². The van der Waals surface area contributed by atoms with Crippen LogP contribution in [0.3, 0.4) is 0 Å². The molecule has 0 N–H and O–H groups in total. The Morgan fingerprint density at radius 2 is 0.742 bits per heavy atom. The maximum absolute atomic E-state index is 2.30. The molecule has 31 heavy (non-hydrogen) atoms. The van der Waals surface area contributed by atoms with Crippen molar-refractivity contribution in [3.05, 3.63) is 49.1 Å². The SMILES string of the molecule is CN(C)c1cc[n+](CCCCCCCCCCC[n+]2ccc(N(C)C)cc2)cc1.[Br-].[Br-]. The molecule has 0 aromatic carbocycles. The largest absolute Gasteiger partial charge is 1.00 e. The molecule has 2 heterocycles. The van der Waals surface area contributed by atoms with Crippen molar-refractivity contribution in [1.82, 2.24) is 0 Å². The fourth-order valence-electron chi connectivity index (χ4n) is 3.62. The van der Waals surface area contributed by atoms with Gasteiger partial charge < -0.3 is 43.8 Å². The number of nitrogens with zero attached hydrogens (tertiary/aromatic N) is 4. The number of pyridine rings is 2. The van der Waals surface area contributed by atoms with Crippen molar-refractivity contribution >= 4 is 11.4 Å². The van der Waals surface area contributed by atoms with Crippen LogP contribution in [0.2, 0.25) is 0 Å². The summed E-state index contributed by atoms with van der Waals surface area (Å²) in [6, 6.07) is 8.77. The van der Waals surface area contributed by atoms with Gasteiger partial charge in [-0.05, 0) is 12.8 Å². The Morgan fingerprint density at radius 3 is 1.00 bits per heavy atom. The molecule has 2 aromatic rings. The van der Waals surface area contributed by atoms with Gasteiger partial charge in [0.15, 0.2) is 24.8 Å². The second-order valence-corrected chi connectivity index (χ2v) is 8.56. The third kappa shape index (κ3) is 12.5. The van der Waals surface area contributed by atoms with E-state index >= 15 is 0 Å². The van der Waals surface area contributed by atoms with E-state index in [1.807, 2.05) is 0 Å². The third-order valence-corrected chi connectivity index (χ3v) is 5.61. The first-order chi connectivity index (χ1) is 14.1. The highest BCUT2D eigenvalue weighted by molar-refractivity contribution is 5.41. The molecule has 6 heteroatoms. The first-order valence-corrected chi connectivity index (χ1v) is 11.4. The van der Waals surface area contributed by atoms with E-state index in [-0.39, 0.29) is 34.0 Å². The molecule has 0 bridgehead atoms. The minimum Gasteiger partial charge on any atom is -1.00 e. The first kappa shape index (κ1) is 29.9. The number of aromatic nitrogens is 2. The Balaban J connectivity index is 0.00000450. The number of unbranched alkanes of at least 4 members (excludes halogenated alkanes) is 8. The Labute approximate surface area is 211 Å². The summed E-state index contributed by atoms with van der Waals surface area (Å²) < 4.78 is 4.61. The Morgan fingerprint density at radius 1 is 0.484 bits per heavy atom. The topological polar surface area (TPSA) is 14.2 Å². The molecule has 0 aliphatic carbocycles. The molecule has 0 saturated carbocycles. The summed E-state index contributed by atoms with van der Waals surface area (Å²) in [5.74, 6) is 0. The zero-order valence-electron chi connectivity index (χ0n) is 19.9. The van der Waals surface area contributed by atoms with Crippen LogP contribution >= 0.6 is 0 Å². The van der Waals surface area contributed by atoms with Crippen molar-refractivity contribution in [2.75, 3.05) is 38.0 Å². The zero-order valence-corrected chi connectivity index (χ0v) is 23.1. The number of rotatable bonds is 14. The van der Waals surface area contributed by atoms with Gasteiger partial charge in [0.2, 0.25) is 0 Å². The maximum Gasteiger partial charge on any atom is 0.170 e. The highest BCUT2D eigenvalue weighted by atomic mass is 79.9. The summed E-state index contributed by atoms with van der Waals surface area (Å²) in [6.07, 6.45) is 21.0. The Bertz CT molecular complexity index is 613. The van der Waals surface area contributed by atoms with Crippen LogP contribution in [0.15, 0.2) is 49.1 Å². The summed E-state index contributed by atoms with van der Waals surface area (Å²) in [7, 11) is 8.34. The lowest BCUT2D eigenvalue weighted by Crippen LogP contribution is -3.00. The maximum atomic E-state index is 2.30. The molecule has 0 saturated heterocycles. The molecule has 2 rings (SSSR count). The molecule has 4 nitrogen and oxygen atoms in total. The van der Waals surface area contributed by atoms with Crippen molar-refractivity contribution in [3.8, 4) is 0 Å². The molecule has 0 aliphatic heterocycles. The van der Waals surface area contributed by atoms with Crippen molar-refractivity contribution in [3.63, 3.8) is 0 Å². The molecule has 2 aromatic heterocycles. The second kappa shape index (κ2) is 17.4. The smallest absolute Gasteiger partial charge is 0.170 e. The van der Waals surface area contributed by atoms with Crippen molar-refractivity contribution in [2.24, 2.45) is 0 Å². The molecule has 0 atom stereocenters. The van der Waals surface area contributed by atoms with Crippen molar-refractivity contribution in [1.29, 1.82) is 0 Å². The average molecular weight is 558 g/mol. The van der Waals surface area contributed by atoms with Gasteiger partial charge in [-0.15, -0.1) is 0 Å². The molecule has 0 amide bonds. The van der Waals surface area contributed by atoms with Gasteiger partial charge in [0.1, 0.15) is 13.1 Å². The second-order valence-electron chi connectivity index (χ2n) is 8.56.